The average molecular weight is 303 g/mol. The highest BCUT2D eigenvalue weighted by atomic mass is 32.2. The van der Waals surface area contributed by atoms with E-state index in [0.717, 1.165) is 11.9 Å². The number of ether oxygens (including phenoxy) is 1. The minimum Gasteiger partial charge on any atom is -0.354 e. The lowest BCUT2D eigenvalue weighted by Gasteiger charge is -2.16. The van der Waals surface area contributed by atoms with E-state index in [2.05, 4.69) is 17.0 Å². The molecule has 0 unspecified atom stereocenters. The molecule has 7 heteroatoms. The summed E-state index contributed by atoms with van der Waals surface area (Å²) < 4.78 is 32.1. The summed E-state index contributed by atoms with van der Waals surface area (Å²) in [7, 11) is -3.40. The minimum absolute atomic E-state index is 0.0677. The first-order valence-corrected chi connectivity index (χ1v) is 8.87. The van der Waals surface area contributed by atoms with Crippen molar-refractivity contribution in [3.05, 3.63) is 24.3 Å². The first-order chi connectivity index (χ1) is 8.98. The quantitative estimate of drug-likeness (QED) is 0.607. The zero-order valence-corrected chi connectivity index (χ0v) is 12.5. The summed E-state index contributed by atoms with van der Waals surface area (Å²) in [6.07, 6.45) is 2.86. The van der Waals surface area contributed by atoms with Crippen molar-refractivity contribution in [1.29, 1.82) is 0 Å². The Kier molecular flexibility index (Phi) is 4.72. The van der Waals surface area contributed by atoms with Crippen LogP contribution < -0.4 is 4.90 Å². The molecular formula is C12H17NO4S2. The van der Waals surface area contributed by atoms with Crippen LogP contribution in [-0.4, -0.2) is 46.9 Å². The molecule has 1 aromatic carbocycles. The summed E-state index contributed by atoms with van der Waals surface area (Å²) in [4.78, 5) is 3.27. The summed E-state index contributed by atoms with van der Waals surface area (Å²) in [6, 6.07) is 8.19. The second-order valence-electron chi connectivity index (χ2n) is 4.33. The predicted molar refractivity (Wildman–Crippen MR) is 76.1 cm³/mol. The molecule has 0 amide bonds. The molecule has 2 rings (SSSR count). The Morgan fingerprint density at radius 3 is 2.68 bits per heavy atom. The lowest BCUT2D eigenvalue weighted by molar-refractivity contribution is 0.0759. The third-order valence-electron chi connectivity index (χ3n) is 2.80. The first kappa shape index (κ1) is 14.6. The van der Waals surface area contributed by atoms with Crippen molar-refractivity contribution in [1.82, 2.24) is 0 Å². The van der Waals surface area contributed by atoms with Crippen LogP contribution in [0.2, 0.25) is 0 Å². The van der Waals surface area contributed by atoms with Gasteiger partial charge in [-0.25, -0.2) is 0 Å². The third-order valence-corrected chi connectivity index (χ3v) is 4.10. The van der Waals surface area contributed by atoms with Gasteiger partial charge in [-0.15, -0.1) is 11.8 Å². The summed E-state index contributed by atoms with van der Waals surface area (Å²) in [5.74, 6) is 0. The fourth-order valence-corrected chi connectivity index (χ4v) is 2.63. The van der Waals surface area contributed by atoms with E-state index in [9.17, 15) is 8.42 Å². The van der Waals surface area contributed by atoms with E-state index in [-0.39, 0.29) is 12.7 Å². The molecule has 1 aliphatic rings. The van der Waals surface area contributed by atoms with Crippen molar-refractivity contribution in [2.75, 3.05) is 37.3 Å². The van der Waals surface area contributed by atoms with Crippen LogP contribution in [0, 0.1) is 0 Å². The molecule has 19 heavy (non-hydrogen) atoms. The summed E-state index contributed by atoms with van der Waals surface area (Å²) in [5, 5.41) is 0. The highest BCUT2D eigenvalue weighted by Crippen LogP contribution is 2.23. The van der Waals surface area contributed by atoms with E-state index in [4.69, 9.17) is 8.92 Å². The number of thioether (sulfide) groups is 1. The predicted octanol–water partition coefficient (Wildman–Crippen LogP) is 1.55. The second kappa shape index (κ2) is 6.13. The molecule has 106 valence electrons. The molecule has 0 radical (unpaired) electrons. The molecule has 0 aromatic heterocycles. The first-order valence-electron chi connectivity index (χ1n) is 5.83. The van der Waals surface area contributed by atoms with E-state index >= 15 is 0 Å². The summed E-state index contributed by atoms with van der Waals surface area (Å²) >= 11 is 1.69. The van der Waals surface area contributed by atoms with Crippen molar-refractivity contribution in [3.63, 3.8) is 0 Å². The monoisotopic (exact) mass is 303 g/mol. The number of hydrogen-bond acceptors (Lipinski definition) is 6. The van der Waals surface area contributed by atoms with Crippen molar-refractivity contribution in [3.8, 4) is 0 Å². The molecule has 0 bridgehead atoms. The van der Waals surface area contributed by atoms with Crippen LogP contribution in [0.3, 0.4) is 0 Å². The number of hydrogen-bond donors (Lipinski definition) is 0. The normalized spacial score (nSPS) is 19.9. The fraction of sp³-hybridized carbons (Fsp3) is 0.500. The molecule has 1 fully saturated rings. The van der Waals surface area contributed by atoms with Gasteiger partial charge in [0.25, 0.3) is 10.1 Å². The van der Waals surface area contributed by atoms with Gasteiger partial charge in [-0.1, -0.05) is 0 Å². The highest BCUT2D eigenvalue weighted by molar-refractivity contribution is 7.98. The standard InChI is InChI=1S/C12H17NO4S2/c1-18-12-5-3-10(4-6-12)13-7-11(16-9-13)8-17-19(2,14)15/h3-6,11H,7-9H2,1-2H3/t11-/m1/s1. The van der Waals surface area contributed by atoms with Crippen LogP contribution in [0.15, 0.2) is 29.2 Å². The highest BCUT2D eigenvalue weighted by Gasteiger charge is 2.24. The Balaban J connectivity index is 1.90. The average Bonchev–Trinajstić information content (AvgIpc) is 2.84. The van der Waals surface area contributed by atoms with Gasteiger partial charge in [0.2, 0.25) is 0 Å². The van der Waals surface area contributed by atoms with E-state index in [1.165, 1.54) is 4.90 Å². The molecular weight excluding hydrogens is 286 g/mol. The van der Waals surface area contributed by atoms with Crippen molar-refractivity contribution < 1.29 is 17.3 Å². The maximum absolute atomic E-state index is 10.9. The van der Waals surface area contributed by atoms with E-state index in [1.54, 1.807) is 11.8 Å². The Morgan fingerprint density at radius 2 is 2.11 bits per heavy atom. The molecule has 0 spiro atoms. The Morgan fingerprint density at radius 1 is 1.42 bits per heavy atom. The molecule has 1 aliphatic heterocycles. The lowest BCUT2D eigenvalue weighted by atomic mass is 10.3. The minimum atomic E-state index is -3.40. The summed E-state index contributed by atoms with van der Waals surface area (Å²) in [6.45, 7) is 1.16. The molecule has 1 aromatic rings. The smallest absolute Gasteiger partial charge is 0.264 e. The maximum atomic E-state index is 10.9. The van der Waals surface area contributed by atoms with Crippen LogP contribution >= 0.6 is 11.8 Å². The molecule has 1 atom stereocenters. The van der Waals surface area contributed by atoms with Gasteiger partial charge in [0.1, 0.15) is 12.8 Å². The zero-order valence-electron chi connectivity index (χ0n) is 10.9. The molecule has 1 saturated heterocycles. The number of benzene rings is 1. The molecule has 5 nitrogen and oxygen atoms in total. The molecule has 0 aliphatic carbocycles. The Bertz CT molecular complexity index is 515. The zero-order chi connectivity index (χ0) is 13.9. The fourth-order valence-electron chi connectivity index (χ4n) is 1.82. The van der Waals surface area contributed by atoms with Crippen molar-refractivity contribution in [2.45, 2.75) is 11.0 Å². The SMILES string of the molecule is CSc1ccc(N2CO[C@@H](COS(C)(=O)=O)C2)cc1. The number of rotatable bonds is 5. The Hall–Kier alpha value is -0.760. The second-order valence-corrected chi connectivity index (χ2v) is 6.85. The molecule has 0 N–H and O–H groups in total. The van der Waals surface area contributed by atoms with Gasteiger partial charge in [-0.05, 0) is 30.5 Å². The topological polar surface area (TPSA) is 55.8 Å². The van der Waals surface area contributed by atoms with Crippen LogP contribution in [0.4, 0.5) is 5.69 Å². The number of anilines is 1. The van der Waals surface area contributed by atoms with Crippen molar-refractivity contribution >= 4 is 27.6 Å². The van der Waals surface area contributed by atoms with Gasteiger partial charge < -0.3 is 9.64 Å². The van der Waals surface area contributed by atoms with Gasteiger partial charge in [0.15, 0.2) is 0 Å². The van der Waals surface area contributed by atoms with E-state index in [1.807, 2.05) is 18.4 Å². The van der Waals surface area contributed by atoms with Gasteiger partial charge >= 0.3 is 0 Å². The van der Waals surface area contributed by atoms with E-state index < -0.39 is 10.1 Å². The van der Waals surface area contributed by atoms with Crippen molar-refractivity contribution in [2.24, 2.45) is 0 Å². The molecule has 1 heterocycles. The van der Waals surface area contributed by atoms with Crippen LogP contribution in [0.25, 0.3) is 0 Å². The summed E-state index contributed by atoms with van der Waals surface area (Å²) in [5.41, 5.74) is 1.07. The lowest BCUT2D eigenvalue weighted by Crippen LogP contribution is -2.25. The van der Waals surface area contributed by atoms with Gasteiger partial charge in [-0.3, -0.25) is 4.18 Å². The van der Waals surface area contributed by atoms with Crippen LogP contribution in [-0.2, 0) is 19.0 Å². The van der Waals surface area contributed by atoms with Gasteiger partial charge in [-0.2, -0.15) is 8.42 Å². The van der Waals surface area contributed by atoms with Crippen LogP contribution in [0.1, 0.15) is 0 Å². The maximum Gasteiger partial charge on any atom is 0.264 e. The van der Waals surface area contributed by atoms with Gasteiger partial charge in [0, 0.05) is 17.1 Å². The van der Waals surface area contributed by atoms with Crippen LogP contribution in [0.5, 0.6) is 0 Å². The Labute approximate surface area is 118 Å². The molecule has 0 saturated carbocycles. The van der Waals surface area contributed by atoms with Gasteiger partial charge in [0.05, 0.1) is 12.9 Å². The number of nitrogens with zero attached hydrogens (tertiary/aromatic N) is 1. The van der Waals surface area contributed by atoms with E-state index in [0.29, 0.717) is 13.3 Å². The third kappa shape index (κ3) is 4.38. The largest absolute Gasteiger partial charge is 0.354 e.